The van der Waals surface area contributed by atoms with Crippen LogP contribution in [0.4, 0.5) is 11.4 Å². The molecule has 29 heavy (non-hydrogen) atoms. The van der Waals surface area contributed by atoms with Gasteiger partial charge < -0.3 is 14.5 Å². The molecule has 1 aliphatic rings. The van der Waals surface area contributed by atoms with E-state index in [1.54, 1.807) is 0 Å². The Morgan fingerprint density at radius 3 is 2.03 bits per heavy atom. The van der Waals surface area contributed by atoms with Crippen LogP contribution in [0.5, 0.6) is 5.75 Å². The van der Waals surface area contributed by atoms with Crippen LogP contribution in [0.2, 0.25) is 0 Å². The molecular weight excluding hydrogens is 356 g/mol. The zero-order chi connectivity index (χ0) is 21.4. The minimum absolute atomic E-state index is 0.386. The van der Waals surface area contributed by atoms with Crippen LogP contribution < -0.4 is 14.5 Å². The molecule has 0 saturated heterocycles. The van der Waals surface area contributed by atoms with Gasteiger partial charge in [0.15, 0.2) is 0 Å². The fourth-order valence-corrected chi connectivity index (χ4v) is 4.75. The van der Waals surface area contributed by atoms with E-state index in [9.17, 15) is 0 Å². The van der Waals surface area contributed by atoms with Crippen molar-refractivity contribution < 1.29 is 4.74 Å². The molecule has 3 nitrogen and oxygen atoms in total. The van der Waals surface area contributed by atoms with Crippen LogP contribution in [0.25, 0.3) is 0 Å². The van der Waals surface area contributed by atoms with Crippen LogP contribution in [0.3, 0.4) is 0 Å². The van der Waals surface area contributed by atoms with E-state index < -0.39 is 0 Å². The third-order valence-electron chi connectivity index (χ3n) is 6.26. The lowest BCUT2D eigenvalue weighted by atomic mass is 10.0. The van der Waals surface area contributed by atoms with Crippen LogP contribution in [0.15, 0.2) is 18.2 Å². The van der Waals surface area contributed by atoms with Gasteiger partial charge in [-0.2, -0.15) is 0 Å². The third-order valence-corrected chi connectivity index (χ3v) is 6.26. The number of hydrogen-bond donors (Lipinski definition) is 0. The molecule has 1 heterocycles. The normalized spacial score (nSPS) is 17.3. The summed E-state index contributed by atoms with van der Waals surface area (Å²) >= 11 is 0. The third kappa shape index (κ3) is 6.55. The SMILES string of the molecule is CCCCCCCCCC(C)COc1ccc2c(c1)N(C(C)C)C(C)N2C(C)C. The summed E-state index contributed by atoms with van der Waals surface area (Å²) in [5.41, 5.74) is 2.66. The molecule has 2 unspecified atom stereocenters. The number of hydrogen-bond acceptors (Lipinski definition) is 3. The number of fused-ring (bicyclic) bond motifs is 1. The summed E-state index contributed by atoms with van der Waals surface area (Å²) in [6.45, 7) is 16.9. The smallest absolute Gasteiger partial charge is 0.121 e. The molecular formula is C26H46N2O. The summed E-state index contributed by atoms with van der Waals surface area (Å²) in [5.74, 6) is 1.63. The fraction of sp³-hybridized carbons (Fsp3) is 0.769. The van der Waals surface area contributed by atoms with Crippen LogP contribution in [-0.4, -0.2) is 24.9 Å². The highest BCUT2D eigenvalue weighted by Gasteiger charge is 2.35. The highest BCUT2D eigenvalue weighted by Crippen LogP contribution is 2.43. The van der Waals surface area contributed by atoms with Gasteiger partial charge in [-0.1, -0.05) is 58.8 Å². The molecule has 0 N–H and O–H groups in total. The molecule has 0 fully saturated rings. The first kappa shape index (κ1) is 23.9. The molecule has 0 saturated carbocycles. The molecule has 0 bridgehead atoms. The molecule has 2 rings (SSSR count). The predicted octanol–water partition coefficient (Wildman–Crippen LogP) is 7.63. The molecule has 3 heteroatoms. The van der Waals surface area contributed by atoms with Crippen LogP contribution in [0, 0.1) is 5.92 Å². The van der Waals surface area contributed by atoms with Crippen molar-refractivity contribution in [1.29, 1.82) is 0 Å². The first-order valence-electron chi connectivity index (χ1n) is 12.2. The average Bonchev–Trinajstić information content (AvgIpc) is 2.96. The summed E-state index contributed by atoms with van der Waals surface area (Å²) in [6.07, 6.45) is 11.3. The Bertz CT molecular complexity index is 598. The molecule has 1 aliphatic heterocycles. The van der Waals surface area contributed by atoms with Gasteiger partial charge in [-0.15, -0.1) is 0 Å². The lowest BCUT2D eigenvalue weighted by molar-refractivity contribution is 0.249. The Hall–Kier alpha value is -1.38. The van der Waals surface area contributed by atoms with Crippen molar-refractivity contribution in [3.63, 3.8) is 0 Å². The maximum atomic E-state index is 6.22. The topological polar surface area (TPSA) is 15.7 Å². The van der Waals surface area contributed by atoms with E-state index in [4.69, 9.17) is 4.74 Å². The Kier molecular flexibility index (Phi) is 9.65. The summed E-state index contributed by atoms with van der Waals surface area (Å²) in [4.78, 5) is 5.03. The van der Waals surface area contributed by atoms with Crippen LogP contribution in [0.1, 0.15) is 99.8 Å². The van der Waals surface area contributed by atoms with Gasteiger partial charge in [0, 0.05) is 18.2 Å². The Morgan fingerprint density at radius 2 is 1.41 bits per heavy atom. The summed E-state index contributed by atoms with van der Waals surface area (Å²) in [6, 6.07) is 7.63. The maximum Gasteiger partial charge on any atom is 0.121 e. The van der Waals surface area contributed by atoms with Gasteiger partial charge in [-0.05, 0) is 59.1 Å². The predicted molar refractivity (Wildman–Crippen MR) is 128 cm³/mol. The highest BCUT2D eigenvalue weighted by atomic mass is 16.5. The molecule has 0 aromatic heterocycles. The summed E-state index contributed by atoms with van der Waals surface area (Å²) in [5, 5.41) is 0. The van der Waals surface area contributed by atoms with Crippen molar-refractivity contribution in [2.45, 2.75) is 118 Å². The van der Waals surface area contributed by atoms with Crippen LogP contribution >= 0.6 is 0 Å². The molecule has 0 radical (unpaired) electrons. The highest BCUT2D eigenvalue weighted by molar-refractivity contribution is 5.79. The largest absolute Gasteiger partial charge is 0.493 e. The minimum Gasteiger partial charge on any atom is -0.493 e. The van der Waals surface area contributed by atoms with E-state index in [1.807, 2.05) is 0 Å². The number of ether oxygens (including phenoxy) is 1. The minimum atomic E-state index is 0.386. The van der Waals surface area contributed by atoms with Crippen molar-refractivity contribution in [3.8, 4) is 5.75 Å². The molecule has 0 spiro atoms. The van der Waals surface area contributed by atoms with E-state index in [-0.39, 0.29) is 0 Å². The Balaban J connectivity index is 1.85. The zero-order valence-corrected chi connectivity index (χ0v) is 20.2. The molecule has 1 aromatic carbocycles. The first-order valence-corrected chi connectivity index (χ1v) is 12.2. The first-order chi connectivity index (χ1) is 13.9. The second-order valence-electron chi connectivity index (χ2n) is 9.61. The second kappa shape index (κ2) is 11.7. The number of nitrogens with zero attached hydrogens (tertiary/aromatic N) is 2. The number of rotatable bonds is 13. The lowest BCUT2D eigenvalue weighted by Crippen LogP contribution is -2.47. The molecule has 0 aliphatic carbocycles. The number of benzene rings is 1. The molecule has 0 amide bonds. The van der Waals surface area contributed by atoms with E-state index >= 15 is 0 Å². The number of unbranched alkanes of at least 4 members (excludes halogenated alkanes) is 6. The summed E-state index contributed by atoms with van der Waals surface area (Å²) < 4.78 is 6.22. The van der Waals surface area contributed by atoms with Crippen molar-refractivity contribution in [2.24, 2.45) is 5.92 Å². The maximum absolute atomic E-state index is 6.22. The van der Waals surface area contributed by atoms with Crippen molar-refractivity contribution in [1.82, 2.24) is 0 Å². The standard InChI is InChI=1S/C26H46N2O/c1-8-9-10-11-12-13-14-15-22(6)19-29-24-16-17-25-26(18-24)28(21(4)5)23(7)27(25)20(2)3/h16-18,20-23H,8-15,19H2,1-7H3. The Labute approximate surface area is 180 Å². The van der Waals surface area contributed by atoms with Crippen molar-refractivity contribution >= 4 is 11.4 Å². The van der Waals surface area contributed by atoms with Gasteiger partial charge >= 0.3 is 0 Å². The zero-order valence-electron chi connectivity index (χ0n) is 20.2. The molecule has 166 valence electrons. The van der Waals surface area contributed by atoms with Gasteiger partial charge in [0.05, 0.1) is 24.1 Å². The van der Waals surface area contributed by atoms with Gasteiger partial charge in [0.25, 0.3) is 0 Å². The van der Waals surface area contributed by atoms with Gasteiger partial charge in [-0.25, -0.2) is 0 Å². The second-order valence-corrected chi connectivity index (χ2v) is 9.61. The monoisotopic (exact) mass is 402 g/mol. The van der Waals surface area contributed by atoms with Crippen molar-refractivity contribution in [3.05, 3.63) is 18.2 Å². The summed E-state index contributed by atoms with van der Waals surface area (Å²) in [7, 11) is 0. The van der Waals surface area contributed by atoms with E-state index in [0.29, 0.717) is 24.2 Å². The van der Waals surface area contributed by atoms with Gasteiger partial charge in [0.1, 0.15) is 5.75 Å². The van der Waals surface area contributed by atoms with E-state index in [2.05, 4.69) is 76.5 Å². The quantitative estimate of drug-likeness (QED) is 0.315. The fourth-order valence-electron chi connectivity index (χ4n) is 4.75. The van der Waals surface area contributed by atoms with Crippen LogP contribution in [-0.2, 0) is 0 Å². The van der Waals surface area contributed by atoms with Crippen molar-refractivity contribution in [2.75, 3.05) is 16.4 Å². The Morgan fingerprint density at radius 1 is 0.828 bits per heavy atom. The molecule has 1 aromatic rings. The average molecular weight is 403 g/mol. The van der Waals surface area contributed by atoms with Gasteiger partial charge in [0.2, 0.25) is 0 Å². The van der Waals surface area contributed by atoms with E-state index in [1.165, 1.54) is 62.7 Å². The van der Waals surface area contributed by atoms with Gasteiger partial charge in [-0.3, -0.25) is 0 Å². The lowest BCUT2D eigenvalue weighted by Gasteiger charge is -2.35. The van der Waals surface area contributed by atoms with E-state index in [0.717, 1.165) is 12.4 Å². The number of anilines is 2. The molecule has 2 atom stereocenters.